The molecule has 0 aliphatic carbocycles. The van der Waals surface area contributed by atoms with Gasteiger partial charge in [-0.15, -0.1) is 0 Å². The fourth-order valence-electron chi connectivity index (χ4n) is 2.62. The SMILES string of the molecule is CCn1cc(C[C@H](NC(=O)OC(C)(C)C)C(=O)O)c2ccccc21. The Labute approximate surface area is 141 Å². The highest BCUT2D eigenvalue weighted by Gasteiger charge is 2.25. The first-order valence-corrected chi connectivity index (χ1v) is 8.00. The molecule has 0 bridgehead atoms. The number of rotatable bonds is 5. The van der Waals surface area contributed by atoms with E-state index in [1.807, 2.05) is 37.4 Å². The van der Waals surface area contributed by atoms with Gasteiger partial charge in [-0.2, -0.15) is 0 Å². The van der Waals surface area contributed by atoms with E-state index in [2.05, 4.69) is 9.88 Å². The van der Waals surface area contributed by atoms with Crippen LogP contribution in [0.25, 0.3) is 10.9 Å². The average molecular weight is 332 g/mol. The number of benzene rings is 1. The van der Waals surface area contributed by atoms with Crippen LogP contribution in [0.2, 0.25) is 0 Å². The van der Waals surface area contributed by atoms with Crippen LogP contribution in [0.1, 0.15) is 33.3 Å². The third-order valence-corrected chi connectivity index (χ3v) is 3.62. The molecule has 0 aliphatic heterocycles. The average Bonchev–Trinajstić information content (AvgIpc) is 2.83. The number of aromatic nitrogens is 1. The number of carboxylic acids is 1. The van der Waals surface area contributed by atoms with Crippen LogP contribution in [0.3, 0.4) is 0 Å². The molecule has 0 saturated carbocycles. The number of nitrogens with zero attached hydrogens (tertiary/aromatic N) is 1. The van der Waals surface area contributed by atoms with E-state index < -0.39 is 23.7 Å². The summed E-state index contributed by atoms with van der Waals surface area (Å²) < 4.78 is 7.22. The third kappa shape index (κ3) is 4.28. The normalized spacial score (nSPS) is 12.8. The lowest BCUT2D eigenvalue weighted by atomic mass is 10.1. The van der Waals surface area contributed by atoms with Crippen molar-refractivity contribution in [2.24, 2.45) is 0 Å². The molecule has 130 valence electrons. The molecular weight excluding hydrogens is 308 g/mol. The van der Waals surface area contributed by atoms with Gasteiger partial charge in [0.15, 0.2) is 0 Å². The first-order chi connectivity index (χ1) is 11.2. The van der Waals surface area contributed by atoms with Crippen molar-refractivity contribution in [3.8, 4) is 0 Å². The number of aryl methyl sites for hydroxylation is 1. The number of hydrogen-bond donors (Lipinski definition) is 2. The Morgan fingerprint density at radius 2 is 1.96 bits per heavy atom. The van der Waals surface area contributed by atoms with Crippen molar-refractivity contribution >= 4 is 23.0 Å². The Kier molecular flexibility index (Phi) is 5.17. The molecule has 0 spiro atoms. The van der Waals surface area contributed by atoms with Crippen LogP contribution in [-0.4, -0.2) is 33.4 Å². The van der Waals surface area contributed by atoms with Gasteiger partial charge in [0.25, 0.3) is 0 Å². The summed E-state index contributed by atoms with van der Waals surface area (Å²) >= 11 is 0. The van der Waals surface area contributed by atoms with E-state index in [9.17, 15) is 14.7 Å². The predicted molar refractivity (Wildman–Crippen MR) is 92.1 cm³/mol. The third-order valence-electron chi connectivity index (χ3n) is 3.62. The highest BCUT2D eigenvalue weighted by molar-refractivity contribution is 5.86. The zero-order chi connectivity index (χ0) is 17.9. The van der Waals surface area contributed by atoms with Crippen LogP contribution in [0.5, 0.6) is 0 Å². The molecule has 0 unspecified atom stereocenters. The molecule has 2 N–H and O–H groups in total. The summed E-state index contributed by atoms with van der Waals surface area (Å²) in [6.45, 7) is 8.02. The number of carbonyl (C=O) groups is 2. The summed E-state index contributed by atoms with van der Waals surface area (Å²) in [6.07, 6.45) is 1.41. The summed E-state index contributed by atoms with van der Waals surface area (Å²) in [5.41, 5.74) is 1.26. The lowest BCUT2D eigenvalue weighted by molar-refractivity contribution is -0.139. The molecule has 1 amide bonds. The Morgan fingerprint density at radius 3 is 2.54 bits per heavy atom. The standard InChI is InChI=1S/C18H24N2O4/c1-5-20-11-12(13-8-6-7-9-15(13)20)10-14(16(21)22)19-17(23)24-18(2,3)4/h6-9,11,14H,5,10H2,1-4H3,(H,19,23)(H,21,22)/t14-/m0/s1. The van der Waals surface area contributed by atoms with E-state index in [0.29, 0.717) is 0 Å². The maximum absolute atomic E-state index is 11.9. The van der Waals surface area contributed by atoms with Crippen molar-refractivity contribution < 1.29 is 19.4 Å². The van der Waals surface area contributed by atoms with Gasteiger partial charge in [-0.05, 0) is 39.3 Å². The van der Waals surface area contributed by atoms with Gasteiger partial charge in [-0.3, -0.25) is 0 Å². The molecule has 6 heteroatoms. The minimum atomic E-state index is -1.09. The molecule has 6 nitrogen and oxygen atoms in total. The molecule has 0 saturated heterocycles. The second-order valence-corrected chi connectivity index (χ2v) is 6.70. The Bertz CT molecular complexity index is 743. The lowest BCUT2D eigenvalue weighted by Gasteiger charge is -2.22. The Morgan fingerprint density at radius 1 is 1.29 bits per heavy atom. The van der Waals surface area contributed by atoms with Crippen molar-refractivity contribution in [3.63, 3.8) is 0 Å². The summed E-state index contributed by atoms with van der Waals surface area (Å²) in [5, 5.41) is 12.9. The van der Waals surface area contributed by atoms with Crippen molar-refractivity contribution in [3.05, 3.63) is 36.0 Å². The molecule has 1 atom stereocenters. The smallest absolute Gasteiger partial charge is 0.408 e. The van der Waals surface area contributed by atoms with E-state index >= 15 is 0 Å². The number of nitrogens with one attached hydrogen (secondary N) is 1. The van der Waals surface area contributed by atoms with Crippen molar-refractivity contribution in [1.82, 2.24) is 9.88 Å². The van der Waals surface area contributed by atoms with E-state index in [-0.39, 0.29) is 6.42 Å². The monoisotopic (exact) mass is 332 g/mol. The van der Waals surface area contributed by atoms with Crippen LogP contribution in [0, 0.1) is 0 Å². The van der Waals surface area contributed by atoms with Gasteiger partial charge in [0.05, 0.1) is 0 Å². The molecule has 2 aromatic rings. The number of fused-ring (bicyclic) bond motifs is 1. The molecule has 24 heavy (non-hydrogen) atoms. The topological polar surface area (TPSA) is 80.6 Å². The number of hydrogen-bond acceptors (Lipinski definition) is 3. The molecule has 1 aromatic carbocycles. The largest absolute Gasteiger partial charge is 0.480 e. The summed E-state index contributed by atoms with van der Waals surface area (Å²) in [7, 11) is 0. The first-order valence-electron chi connectivity index (χ1n) is 8.00. The summed E-state index contributed by atoms with van der Waals surface area (Å²) in [5.74, 6) is -1.09. The van der Waals surface area contributed by atoms with E-state index in [1.165, 1.54) is 0 Å². The van der Waals surface area contributed by atoms with E-state index in [0.717, 1.165) is 23.0 Å². The van der Waals surface area contributed by atoms with Crippen molar-refractivity contribution in [2.75, 3.05) is 0 Å². The molecule has 0 radical (unpaired) electrons. The zero-order valence-electron chi connectivity index (χ0n) is 14.5. The molecule has 1 aromatic heterocycles. The number of carboxylic acid groups (broad SMARTS) is 1. The molecule has 1 heterocycles. The minimum Gasteiger partial charge on any atom is -0.480 e. The Balaban J connectivity index is 2.22. The second kappa shape index (κ2) is 6.95. The van der Waals surface area contributed by atoms with Crippen molar-refractivity contribution in [1.29, 1.82) is 0 Å². The van der Waals surface area contributed by atoms with Crippen LogP contribution in [0.15, 0.2) is 30.5 Å². The summed E-state index contributed by atoms with van der Waals surface area (Å²) in [6, 6.07) is 6.79. The van der Waals surface area contributed by atoms with Gasteiger partial charge in [0.1, 0.15) is 11.6 Å². The maximum Gasteiger partial charge on any atom is 0.408 e. The summed E-state index contributed by atoms with van der Waals surface area (Å²) in [4.78, 5) is 23.4. The van der Waals surface area contributed by atoms with Crippen molar-refractivity contribution in [2.45, 2.75) is 52.3 Å². The lowest BCUT2D eigenvalue weighted by Crippen LogP contribution is -2.44. The Hall–Kier alpha value is -2.50. The van der Waals surface area contributed by atoms with Gasteiger partial charge in [-0.1, -0.05) is 18.2 Å². The van der Waals surface area contributed by atoms with Gasteiger partial charge >= 0.3 is 12.1 Å². The fraction of sp³-hybridized carbons (Fsp3) is 0.444. The number of aliphatic carboxylic acids is 1. The molecule has 0 aliphatic rings. The first kappa shape index (κ1) is 17.8. The molecule has 2 rings (SSSR count). The van der Waals surface area contributed by atoms with Gasteiger partial charge in [0.2, 0.25) is 0 Å². The van der Waals surface area contributed by atoms with Gasteiger partial charge < -0.3 is 19.7 Å². The van der Waals surface area contributed by atoms with Crippen LogP contribution >= 0.6 is 0 Å². The zero-order valence-corrected chi connectivity index (χ0v) is 14.5. The van der Waals surface area contributed by atoms with Gasteiger partial charge in [0, 0.05) is 30.1 Å². The maximum atomic E-state index is 11.9. The number of ether oxygens (including phenoxy) is 1. The minimum absolute atomic E-state index is 0.197. The number of carbonyl (C=O) groups excluding carboxylic acids is 1. The quantitative estimate of drug-likeness (QED) is 0.881. The van der Waals surface area contributed by atoms with Crippen LogP contribution in [-0.2, 0) is 22.5 Å². The number of alkyl carbamates (subject to hydrolysis) is 1. The second-order valence-electron chi connectivity index (χ2n) is 6.70. The fourth-order valence-corrected chi connectivity index (χ4v) is 2.62. The molecule has 0 fully saturated rings. The molecular formula is C18H24N2O4. The number of amides is 1. The predicted octanol–water partition coefficient (Wildman–Crippen LogP) is 3.18. The van der Waals surface area contributed by atoms with E-state index in [4.69, 9.17) is 4.74 Å². The highest BCUT2D eigenvalue weighted by Crippen LogP contribution is 2.22. The van der Waals surface area contributed by atoms with Gasteiger partial charge in [-0.25, -0.2) is 9.59 Å². The van der Waals surface area contributed by atoms with Crippen LogP contribution < -0.4 is 5.32 Å². The van der Waals surface area contributed by atoms with Crippen LogP contribution in [0.4, 0.5) is 4.79 Å². The highest BCUT2D eigenvalue weighted by atomic mass is 16.6. The van der Waals surface area contributed by atoms with E-state index in [1.54, 1.807) is 20.8 Å². The number of para-hydroxylation sites is 1.